The quantitative estimate of drug-likeness (QED) is 0.748. The van der Waals surface area contributed by atoms with Crippen molar-refractivity contribution in [3.05, 3.63) is 23.0 Å². The smallest absolute Gasteiger partial charge is 0.270 e. The van der Waals surface area contributed by atoms with Crippen LogP contribution >= 0.6 is 0 Å². The molecule has 5 nitrogen and oxygen atoms in total. The molecule has 0 atom stereocenters. The molecule has 0 unspecified atom stereocenters. The Morgan fingerprint density at radius 2 is 2.17 bits per heavy atom. The molecule has 1 aromatic heterocycles. The molecule has 0 aromatic carbocycles. The predicted octanol–water partition coefficient (Wildman–Crippen LogP) is 1.60. The maximum Gasteiger partial charge on any atom is 0.270 e. The monoisotopic (exact) mass is 249 g/mol. The minimum absolute atomic E-state index is 0.0997. The van der Waals surface area contributed by atoms with Crippen LogP contribution in [0.15, 0.2) is 6.08 Å². The van der Waals surface area contributed by atoms with Crippen molar-refractivity contribution in [2.45, 2.75) is 26.7 Å². The summed E-state index contributed by atoms with van der Waals surface area (Å²) in [5.41, 5.74) is 2.98. The van der Waals surface area contributed by atoms with Gasteiger partial charge in [0.1, 0.15) is 0 Å². The number of hydroxylamine groups is 2. The predicted molar refractivity (Wildman–Crippen MR) is 68.6 cm³/mol. The van der Waals surface area contributed by atoms with Crippen molar-refractivity contribution < 1.29 is 9.63 Å². The van der Waals surface area contributed by atoms with E-state index < -0.39 is 0 Å². The van der Waals surface area contributed by atoms with Crippen LogP contribution in [-0.2, 0) is 16.7 Å². The number of carbonyl (C=O) groups is 1. The summed E-state index contributed by atoms with van der Waals surface area (Å²) < 4.78 is 1.82. The Labute approximate surface area is 107 Å². The van der Waals surface area contributed by atoms with Crippen molar-refractivity contribution in [2.75, 3.05) is 13.2 Å². The van der Waals surface area contributed by atoms with Gasteiger partial charge in [-0.05, 0) is 32.8 Å². The van der Waals surface area contributed by atoms with Gasteiger partial charge in [0, 0.05) is 30.9 Å². The largest absolute Gasteiger partial charge is 0.272 e. The molecule has 0 spiro atoms. The number of aromatic nitrogens is 2. The van der Waals surface area contributed by atoms with E-state index in [-0.39, 0.29) is 5.91 Å². The van der Waals surface area contributed by atoms with Crippen LogP contribution in [0.25, 0.3) is 6.08 Å². The summed E-state index contributed by atoms with van der Waals surface area (Å²) in [6.07, 6.45) is 5.40. The lowest BCUT2D eigenvalue weighted by atomic mass is 10.2. The van der Waals surface area contributed by atoms with Crippen molar-refractivity contribution in [3.63, 3.8) is 0 Å². The lowest BCUT2D eigenvalue weighted by Gasteiger charge is -2.24. The molecule has 5 heteroatoms. The van der Waals surface area contributed by atoms with Crippen LogP contribution < -0.4 is 0 Å². The van der Waals surface area contributed by atoms with Gasteiger partial charge in [0.25, 0.3) is 5.91 Å². The van der Waals surface area contributed by atoms with E-state index in [4.69, 9.17) is 4.84 Å². The number of aryl methyl sites for hydroxylation is 2. The van der Waals surface area contributed by atoms with Crippen LogP contribution in [0.4, 0.5) is 0 Å². The second-order valence-electron chi connectivity index (χ2n) is 4.52. The number of rotatable bonds is 2. The second kappa shape index (κ2) is 5.35. The zero-order chi connectivity index (χ0) is 13.1. The summed E-state index contributed by atoms with van der Waals surface area (Å²) in [5, 5.41) is 5.74. The molecule has 1 amide bonds. The normalized spacial score (nSPS) is 16.5. The fourth-order valence-electron chi connectivity index (χ4n) is 2.04. The Kier molecular flexibility index (Phi) is 3.81. The van der Waals surface area contributed by atoms with Crippen molar-refractivity contribution >= 4 is 12.0 Å². The van der Waals surface area contributed by atoms with Gasteiger partial charge in [-0.3, -0.25) is 14.3 Å². The van der Waals surface area contributed by atoms with Crippen molar-refractivity contribution in [1.29, 1.82) is 0 Å². The molecule has 2 rings (SSSR count). The van der Waals surface area contributed by atoms with Crippen molar-refractivity contribution in [2.24, 2.45) is 7.05 Å². The number of hydrogen-bond acceptors (Lipinski definition) is 3. The van der Waals surface area contributed by atoms with Gasteiger partial charge in [-0.25, -0.2) is 5.06 Å². The zero-order valence-corrected chi connectivity index (χ0v) is 11.1. The minimum Gasteiger partial charge on any atom is -0.272 e. The molecular formula is C13H19N3O2. The van der Waals surface area contributed by atoms with Gasteiger partial charge in [0.05, 0.1) is 12.3 Å². The van der Waals surface area contributed by atoms with E-state index in [0.29, 0.717) is 13.2 Å². The summed E-state index contributed by atoms with van der Waals surface area (Å²) in [7, 11) is 1.90. The maximum absolute atomic E-state index is 11.9. The van der Waals surface area contributed by atoms with E-state index in [0.717, 1.165) is 29.8 Å². The van der Waals surface area contributed by atoms with Crippen LogP contribution in [-0.4, -0.2) is 33.9 Å². The van der Waals surface area contributed by atoms with Gasteiger partial charge in [-0.1, -0.05) is 0 Å². The van der Waals surface area contributed by atoms with Crippen LogP contribution in [0.2, 0.25) is 0 Å². The number of carbonyl (C=O) groups excluding carboxylic acids is 1. The van der Waals surface area contributed by atoms with Crippen LogP contribution in [0.5, 0.6) is 0 Å². The Morgan fingerprint density at radius 3 is 2.72 bits per heavy atom. The van der Waals surface area contributed by atoms with E-state index in [1.165, 1.54) is 5.06 Å². The van der Waals surface area contributed by atoms with E-state index in [9.17, 15) is 4.79 Å². The molecule has 1 aliphatic rings. The summed E-state index contributed by atoms with van der Waals surface area (Å²) in [6, 6.07) is 0. The number of amides is 1. The molecule has 1 saturated heterocycles. The highest BCUT2D eigenvalue weighted by atomic mass is 16.7. The Hall–Kier alpha value is -1.62. The fraction of sp³-hybridized carbons (Fsp3) is 0.538. The van der Waals surface area contributed by atoms with Gasteiger partial charge >= 0.3 is 0 Å². The maximum atomic E-state index is 11.9. The Morgan fingerprint density at radius 1 is 1.39 bits per heavy atom. The first-order valence-corrected chi connectivity index (χ1v) is 6.22. The summed E-state index contributed by atoms with van der Waals surface area (Å²) >= 11 is 0. The van der Waals surface area contributed by atoms with Crippen molar-refractivity contribution in [3.8, 4) is 0 Å². The molecule has 0 N–H and O–H groups in total. The SMILES string of the molecule is Cc1nn(C)c(C)c1/C=C/C(=O)N1CCCCO1. The first-order valence-electron chi connectivity index (χ1n) is 6.22. The first kappa shape index (κ1) is 12.8. The highest BCUT2D eigenvalue weighted by molar-refractivity contribution is 5.91. The molecule has 2 heterocycles. The van der Waals surface area contributed by atoms with Gasteiger partial charge in [0.15, 0.2) is 0 Å². The first-order chi connectivity index (χ1) is 8.59. The van der Waals surface area contributed by atoms with E-state index in [2.05, 4.69) is 5.10 Å². The van der Waals surface area contributed by atoms with Gasteiger partial charge in [-0.15, -0.1) is 0 Å². The molecule has 1 aliphatic heterocycles. The molecule has 0 bridgehead atoms. The molecule has 0 aliphatic carbocycles. The molecule has 1 fully saturated rings. The zero-order valence-electron chi connectivity index (χ0n) is 11.1. The van der Waals surface area contributed by atoms with E-state index >= 15 is 0 Å². The molecule has 0 radical (unpaired) electrons. The highest BCUT2D eigenvalue weighted by Crippen LogP contribution is 2.14. The summed E-state index contributed by atoms with van der Waals surface area (Å²) in [4.78, 5) is 17.2. The van der Waals surface area contributed by atoms with Crippen LogP contribution in [0, 0.1) is 13.8 Å². The van der Waals surface area contributed by atoms with Gasteiger partial charge in [-0.2, -0.15) is 5.10 Å². The topological polar surface area (TPSA) is 47.4 Å². The highest BCUT2D eigenvalue weighted by Gasteiger charge is 2.15. The summed E-state index contributed by atoms with van der Waals surface area (Å²) in [5.74, 6) is -0.0997. The second-order valence-corrected chi connectivity index (χ2v) is 4.52. The molecule has 98 valence electrons. The van der Waals surface area contributed by atoms with E-state index in [1.54, 1.807) is 6.08 Å². The lowest BCUT2D eigenvalue weighted by molar-refractivity contribution is -0.191. The molecule has 1 aromatic rings. The minimum atomic E-state index is -0.0997. The average Bonchev–Trinajstić information content (AvgIpc) is 2.62. The van der Waals surface area contributed by atoms with Gasteiger partial charge < -0.3 is 0 Å². The Balaban J connectivity index is 2.08. The average molecular weight is 249 g/mol. The van der Waals surface area contributed by atoms with Crippen LogP contribution in [0.1, 0.15) is 29.8 Å². The summed E-state index contributed by atoms with van der Waals surface area (Å²) in [6.45, 7) is 5.23. The standard InChI is InChI=1S/C13H19N3O2/c1-10-12(11(2)15(3)14-10)6-7-13(17)16-8-4-5-9-18-16/h6-7H,4-5,8-9H2,1-3H3/b7-6+. The third-order valence-electron chi connectivity index (χ3n) is 3.21. The van der Waals surface area contributed by atoms with Crippen LogP contribution in [0.3, 0.4) is 0 Å². The Bertz CT molecular complexity index is 471. The van der Waals surface area contributed by atoms with Crippen molar-refractivity contribution in [1.82, 2.24) is 14.8 Å². The molecule has 18 heavy (non-hydrogen) atoms. The number of hydrogen-bond donors (Lipinski definition) is 0. The lowest BCUT2D eigenvalue weighted by Crippen LogP contribution is -2.34. The van der Waals surface area contributed by atoms with Gasteiger partial charge in [0.2, 0.25) is 0 Å². The third kappa shape index (κ3) is 2.61. The molecule has 0 saturated carbocycles. The molecular weight excluding hydrogens is 230 g/mol. The van der Waals surface area contributed by atoms with E-state index in [1.807, 2.05) is 31.7 Å². The third-order valence-corrected chi connectivity index (χ3v) is 3.21. The fourth-order valence-corrected chi connectivity index (χ4v) is 2.04. The number of nitrogens with zero attached hydrogens (tertiary/aromatic N) is 3.